The first-order chi connectivity index (χ1) is 10.9. The van der Waals surface area contributed by atoms with Gasteiger partial charge in [-0.05, 0) is 30.7 Å². The average Bonchev–Trinajstić information content (AvgIpc) is 2.53. The molecular formula is C15H17N3O4S. The van der Waals surface area contributed by atoms with Crippen LogP contribution in [0.4, 0.5) is 5.69 Å². The number of benzene rings is 1. The van der Waals surface area contributed by atoms with E-state index >= 15 is 0 Å². The molecule has 0 spiro atoms. The molecule has 1 heterocycles. The third-order valence-electron chi connectivity index (χ3n) is 3.48. The summed E-state index contributed by atoms with van der Waals surface area (Å²) < 4.78 is 26.8. The number of nitrogens with zero attached hydrogens (tertiary/aromatic N) is 3. The van der Waals surface area contributed by atoms with Crippen molar-refractivity contribution in [3.8, 4) is 0 Å². The summed E-state index contributed by atoms with van der Waals surface area (Å²) in [6.45, 7) is 3.74. The lowest BCUT2D eigenvalue weighted by atomic mass is 10.2. The highest BCUT2D eigenvalue weighted by Crippen LogP contribution is 2.25. The largest absolute Gasteiger partial charge is 0.273 e. The van der Waals surface area contributed by atoms with Gasteiger partial charge in [0.2, 0.25) is 10.0 Å². The van der Waals surface area contributed by atoms with Crippen LogP contribution in [0.2, 0.25) is 0 Å². The summed E-state index contributed by atoms with van der Waals surface area (Å²) >= 11 is 0. The van der Waals surface area contributed by atoms with Crippen LogP contribution in [0.5, 0.6) is 0 Å². The average molecular weight is 335 g/mol. The lowest BCUT2D eigenvalue weighted by Gasteiger charge is -2.20. The molecule has 0 saturated carbocycles. The number of hydrogen-bond donors (Lipinski definition) is 0. The van der Waals surface area contributed by atoms with Crippen molar-refractivity contribution in [1.29, 1.82) is 0 Å². The molecule has 1 aromatic heterocycles. The summed E-state index contributed by atoms with van der Waals surface area (Å²) in [5, 5.41) is 11.0. The van der Waals surface area contributed by atoms with E-state index in [-0.39, 0.29) is 23.7 Å². The molecular weight excluding hydrogens is 318 g/mol. The third kappa shape index (κ3) is 3.72. The molecule has 0 unspecified atom stereocenters. The molecule has 0 fully saturated rings. The Morgan fingerprint density at radius 2 is 1.87 bits per heavy atom. The van der Waals surface area contributed by atoms with Crippen molar-refractivity contribution in [2.45, 2.75) is 25.3 Å². The molecule has 7 nitrogen and oxygen atoms in total. The Balaban J connectivity index is 2.39. The van der Waals surface area contributed by atoms with Crippen molar-refractivity contribution in [1.82, 2.24) is 9.29 Å². The summed E-state index contributed by atoms with van der Waals surface area (Å²) in [5.41, 5.74) is 1.02. The van der Waals surface area contributed by atoms with Gasteiger partial charge in [0.25, 0.3) is 5.69 Å². The minimum Gasteiger partial charge on any atom is -0.265 e. The van der Waals surface area contributed by atoms with Crippen molar-refractivity contribution in [3.05, 3.63) is 64.0 Å². The number of rotatable bonds is 6. The monoisotopic (exact) mass is 335 g/mol. The molecule has 0 amide bonds. The maximum absolute atomic E-state index is 12.7. The summed E-state index contributed by atoms with van der Waals surface area (Å²) in [6.07, 6.45) is 3.18. The number of pyridine rings is 1. The first-order valence-corrected chi connectivity index (χ1v) is 8.44. The minimum atomic E-state index is -3.81. The van der Waals surface area contributed by atoms with E-state index in [4.69, 9.17) is 0 Å². The predicted molar refractivity (Wildman–Crippen MR) is 85.3 cm³/mol. The van der Waals surface area contributed by atoms with Crippen LogP contribution in [-0.2, 0) is 16.6 Å². The second-order valence-electron chi connectivity index (χ2n) is 4.99. The van der Waals surface area contributed by atoms with Gasteiger partial charge in [0.15, 0.2) is 0 Å². The number of hydrogen-bond acceptors (Lipinski definition) is 5. The van der Waals surface area contributed by atoms with Gasteiger partial charge in [0.05, 0.1) is 9.82 Å². The zero-order valence-electron chi connectivity index (χ0n) is 12.8. The van der Waals surface area contributed by atoms with Crippen molar-refractivity contribution < 1.29 is 13.3 Å². The van der Waals surface area contributed by atoms with Gasteiger partial charge in [0, 0.05) is 37.1 Å². The smallest absolute Gasteiger partial charge is 0.265 e. The fraction of sp³-hybridized carbons (Fsp3) is 0.267. The van der Waals surface area contributed by atoms with Crippen LogP contribution >= 0.6 is 0 Å². The van der Waals surface area contributed by atoms with E-state index in [0.29, 0.717) is 5.56 Å². The van der Waals surface area contributed by atoms with Crippen LogP contribution in [0, 0.1) is 17.0 Å². The van der Waals surface area contributed by atoms with Gasteiger partial charge >= 0.3 is 0 Å². The third-order valence-corrected chi connectivity index (χ3v) is 5.39. The minimum absolute atomic E-state index is 0.0780. The summed E-state index contributed by atoms with van der Waals surface area (Å²) in [5.74, 6) is 0. The molecule has 1 aromatic carbocycles. The number of nitro benzene ring substituents is 1. The molecule has 122 valence electrons. The Morgan fingerprint density at radius 3 is 2.43 bits per heavy atom. The zero-order chi connectivity index (χ0) is 17.0. The molecule has 2 aromatic rings. The van der Waals surface area contributed by atoms with Crippen LogP contribution in [0.25, 0.3) is 0 Å². The highest BCUT2D eigenvalue weighted by atomic mass is 32.2. The van der Waals surface area contributed by atoms with E-state index in [1.54, 1.807) is 38.4 Å². The van der Waals surface area contributed by atoms with E-state index in [0.717, 1.165) is 11.6 Å². The number of aryl methyl sites for hydroxylation is 1. The van der Waals surface area contributed by atoms with Crippen molar-refractivity contribution in [2.24, 2.45) is 0 Å². The summed E-state index contributed by atoms with van der Waals surface area (Å²) in [6, 6.07) is 7.42. The molecule has 0 aliphatic carbocycles. The lowest BCUT2D eigenvalue weighted by Crippen LogP contribution is -2.30. The zero-order valence-corrected chi connectivity index (χ0v) is 13.7. The molecule has 8 heteroatoms. The summed E-state index contributed by atoms with van der Waals surface area (Å²) in [4.78, 5) is 14.3. The normalized spacial score (nSPS) is 11.6. The fourth-order valence-corrected chi connectivity index (χ4v) is 3.61. The summed E-state index contributed by atoms with van der Waals surface area (Å²) in [7, 11) is -3.81. The van der Waals surface area contributed by atoms with E-state index in [2.05, 4.69) is 4.98 Å². The molecule has 0 atom stereocenters. The Hall–Kier alpha value is -2.32. The highest BCUT2D eigenvalue weighted by molar-refractivity contribution is 7.89. The molecule has 0 radical (unpaired) electrons. The van der Waals surface area contributed by atoms with Crippen molar-refractivity contribution in [2.75, 3.05) is 6.54 Å². The maximum Gasteiger partial charge on any atom is 0.273 e. The quantitative estimate of drug-likeness (QED) is 0.597. The Kier molecular flexibility index (Phi) is 5.07. The molecule has 23 heavy (non-hydrogen) atoms. The van der Waals surface area contributed by atoms with Gasteiger partial charge in [-0.2, -0.15) is 4.31 Å². The van der Waals surface area contributed by atoms with Gasteiger partial charge in [-0.3, -0.25) is 15.1 Å². The van der Waals surface area contributed by atoms with Crippen LogP contribution in [-0.4, -0.2) is 29.2 Å². The van der Waals surface area contributed by atoms with Crippen molar-refractivity contribution in [3.63, 3.8) is 0 Å². The first-order valence-electron chi connectivity index (χ1n) is 7.00. The predicted octanol–water partition coefficient (Wildman–Crippen LogP) is 2.51. The van der Waals surface area contributed by atoms with Crippen LogP contribution in [0.15, 0.2) is 47.6 Å². The SMILES string of the molecule is CCN(Cc1ccncc1)S(=O)(=O)c1ccc(C)c([N+](=O)[O-])c1. The number of aromatic nitrogens is 1. The number of sulfonamides is 1. The van der Waals surface area contributed by atoms with Crippen LogP contribution < -0.4 is 0 Å². The Morgan fingerprint density at radius 1 is 1.22 bits per heavy atom. The lowest BCUT2D eigenvalue weighted by molar-refractivity contribution is -0.385. The topological polar surface area (TPSA) is 93.4 Å². The van der Waals surface area contributed by atoms with Gasteiger partial charge in [-0.25, -0.2) is 8.42 Å². The molecule has 2 rings (SSSR count). The Labute approximate surface area is 134 Å². The molecule has 0 saturated heterocycles. The van der Waals surface area contributed by atoms with Gasteiger partial charge in [-0.1, -0.05) is 13.0 Å². The highest BCUT2D eigenvalue weighted by Gasteiger charge is 2.26. The first kappa shape index (κ1) is 17.0. The maximum atomic E-state index is 12.7. The Bertz CT molecular complexity index is 807. The number of nitro groups is 1. The fourth-order valence-electron chi connectivity index (χ4n) is 2.15. The molecule has 0 aliphatic rings. The van der Waals surface area contributed by atoms with Crippen LogP contribution in [0.1, 0.15) is 18.1 Å². The van der Waals surface area contributed by atoms with E-state index < -0.39 is 14.9 Å². The van der Waals surface area contributed by atoms with E-state index in [1.165, 1.54) is 16.4 Å². The second kappa shape index (κ2) is 6.84. The van der Waals surface area contributed by atoms with Crippen LogP contribution in [0.3, 0.4) is 0 Å². The van der Waals surface area contributed by atoms with E-state index in [1.807, 2.05) is 0 Å². The standard InChI is InChI=1S/C15H17N3O4S/c1-3-17(11-13-6-8-16-9-7-13)23(21,22)14-5-4-12(2)15(10-14)18(19)20/h4-10H,3,11H2,1-2H3. The van der Waals surface area contributed by atoms with E-state index in [9.17, 15) is 18.5 Å². The van der Waals surface area contributed by atoms with Gasteiger partial charge in [0.1, 0.15) is 0 Å². The molecule has 0 N–H and O–H groups in total. The molecule has 0 bridgehead atoms. The van der Waals surface area contributed by atoms with Crippen molar-refractivity contribution >= 4 is 15.7 Å². The second-order valence-corrected chi connectivity index (χ2v) is 6.93. The van der Waals surface area contributed by atoms with Gasteiger partial charge < -0.3 is 0 Å². The molecule has 0 aliphatic heterocycles. The van der Waals surface area contributed by atoms with Gasteiger partial charge in [-0.15, -0.1) is 0 Å².